The van der Waals surface area contributed by atoms with Crippen LogP contribution in [0.2, 0.25) is 10.0 Å². The van der Waals surface area contributed by atoms with Crippen LogP contribution >= 0.6 is 23.2 Å². The van der Waals surface area contributed by atoms with Gasteiger partial charge in [-0.15, -0.1) is 0 Å². The number of guanidine groups is 1. The zero-order valence-electron chi connectivity index (χ0n) is 27.9. The Morgan fingerprint density at radius 3 is 2.37 bits per heavy atom. The molecule has 16 N–H and O–H groups in total. The van der Waals surface area contributed by atoms with Crippen molar-refractivity contribution in [1.82, 2.24) is 37.2 Å². The van der Waals surface area contributed by atoms with Gasteiger partial charge >= 0.3 is 0 Å². The first-order valence-corrected chi connectivity index (χ1v) is 16.9. The van der Waals surface area contributed by atoms with E-state index in [0.29, 0.717) is 25.1 Å². The van der Waals surface area contributed by atoms with Gasteiger partial charge in [-0.1, -0.05) is 23.2 Å². The lowest BCUT2D eigenvalue weighted by atomic mass is 10.0. The summed E-state index contributed by atoms with van der Waals surface area (Å²) in [4.78, 5) is 84.4. The number of carbonyl (C=O) groups excluding carboxylic acids is 6. The Morgan fingerprint density at radius 1 is 0.980 bits per heavy atom. The number of hydrogen-bond acceptors (Lipinski definition) is 13. The highest BCUT2D eigenvalue weighted by Gasteiger charge is 2.36. The van der Waals surface area contributed by atoms with Gasteiger partial charge in [-0.3, -0.25) is 33.8 Å². The predicted molar refractivity (Wildman–Crippen MR) is 191 cm³/mol. The first-order valence-electron chi connectivity index (χ1n) is 16.2. The molecule has 19 nitrogen and oxygen atoms in total. The molecule has 1 saturated heterocycles. The van der Waals surface area contributed by atoms with Crippen molar-refractivity contribution in [3.8, 4) is 0 Å². The Bertz CT molecular complexity index is 1530. The van der Waals surface area contributed by atoms with Crippen molar-refractivity contribution in [2.75, 3.05) is 31.5 Å². The van der Waals surface area contributed by atoms with Crippen molar-refractivity contribution in [2.24, 2.45) is 27.9 Å². The van der Waals surface area contributed by atoms with E-state index in [9.17, 15) is 28.8 Å². The van der Waals surface area contributed by atoms with Gasteiger partial charge < -0.3 is 65.5 Å². The number of benzene rings is 1. The first-order chi connectivity index (χ1) is 24.2. The van der Waals surface area contributed by atoms with E-state index in [1.54, 1.807) is 6.07 Å². The van der Waals surface area contributed by atoms with Crippen molar-refractivity contribution in [3.63, 3.8) is 0 Å². The standard InChI is InChI=1S/C30H45Cl2N13O6/c1-14-25(47)42-22(13-39-23(46)9-15(35)3-2-7-33)27(49)43-21(12-38-16-4-5-17(31)18(32)10-16)28(50)45-24(19-6-8-37-30(36)44-19)29(51)41-20(11-34)26(48)40-14/h4-5,10,12,14-15,19-20,22,24,38H,2-3,6-9,11,13,33-35H2,1H3,(H,39,46)(H,40,48)(H,41,51)(H,42,47)(H,43,49)(H,45,50)(H3,36,37,44)/b21-12-/t14-,15-,19+,20-,22-,24-/m0/s1. The fourth-order valence-electron chi connectivity index (χ4n) is 4.96. The molecule has 0 radical (unpaired) electrons. The van der Waals surface area contributed by atoms with E-state index in [0.717, 1.165) is 6.20 Å². The van der Waals surface area contributed by atoms with Gasteiger partial charge in [0.25, 0.3) is 5.91 Å². The molecule has 0 aliphatic carbocycles. The molecule has 0 spiro atoms. The molecule has 2 heterocycles. The van der Waals surface area contributed by atoms with Crippen LogP contribution in [0.3, 0.4) is 0 Å². The summed E-state index contributed by atoms with van der Waals surface area (Å²) in [6.45, 7) is 1.18. The van der Waals surface area contributed by atoms with Gasteiger partial charge in [-0.2, -0.15) is 0 Å². The van der Waals surface area contributed by atoms with Gasteiger partial charge in [-0.05, 0) is 50.9 Å². The number of rotatable bonds is 11. The van der Waals surface area contributed by atoms with Gasteiger partial charge in [0.1, 0.15) is 29.9 Å². The van der Waals surface area contributed by atoms with Crippen LogP contribution in [-0.4, -0.2) is 104 Å². The van der Waals surface area contributed by atoms with Crippen LogP contribution in [0.5, 0.6) is 0 Å². The van der Waals surface area contributed by atoms with E-state index in [4.69, 9.17) is 46.1 Å². The number of aliphatic imine (C=N–C) groups is 1. The molecule has 0 saturated carbocycles. The molecule has 1 fully saturated rings. The van der Waals surface area contributed by atoms with Gasteiger partial charge in [0.2, 0.25) is 29.5 Å². The van der Waals surface area contributed by atoms with Crippen molar-refractivity contribution in [3.05, 3.63) is 40.1 Å². The highest BCUT2D eigenvalue weighted by molar-refractivity contribution is 6.42. The van der Waals surface area contributed by atoms with Crippen molar-refractivity contribution < 1.29 is 28.8 Å². The number of anilines is 1. The summed E-state index contributed by atoms with van der Waals surface area (Å²) >= 11 is 12.2. The minimum Gasteiger partial charge on any atom is -0.370 e. The van der Waals surface area contributed by atoms with Gasteiger partial charge in [0, 0.05) is 44.0 Å². The molecule has 2 aliphatic rings. The summed E-state index contributed by atoms with van der Waals surface area (Å²) in [7, 11) is 0. The largest absolute Gasteiger partial charge is 0.370 e. The molecule has 280 valence electrons. The minimum absolute atomic E-state index is 0.0197. The Labute approximate surface area is 304 Å². The van der Waals surface area contributed by atoms with Crippen LogP contribution in [0.4, 0.5) is 5.69 Å². The second-order valence-electron chi connectivity index (χ2n) is 11.9. The third-order valence-electron chi connectivity index (χ3n) is 7.82. The highest BCUT2D eigenvalue weighted by Crippen LogP contribution is 2.25. The number of hydrogen-bond donors (Lipinski definition) is 12. The average Bonchev–Trinajstić information content (AvgIpc) is 3.09. The zero-order chi connectivity index (χ0) is 37.7. The number of amides is 6. The molecular weight excluding hydrogens is 709 g/mol. The lowest BCUT2D eigenvalue weighted by molar-refractivity contribution is -0.133. The topological polar surface area (TPSA) is 315 Å². The lowest BCUT2D eigenvalue weighted by Gasteiger charge is -2.31. The smallest absolute Gasteiger partial charge is 0.270 e. The SMILES string of the molecule is C[C@@H]1NC(=O)[C@H](CN)NC(=O)[C@H]([C@H]2CCN=C(N)N2)NC(=O)/C(=C/Nc2ccc(Cl)c(Cl)c2)NC(=O)[C@H](CNC(=O)C[C@@H](N)CCCN)NC1=O. The fourth-order valence-corrected chi connectivity index (χ4v) is 5.25. The molecule has 0 unspecified atom stereocenters. The van der Waals surface area contributed by atoms with E-state index >= 15 is 0 Å². The third-order valence-corrected chi connectivity index (χ3v) is 8.55. The zero-order valence-corrected chi connectivity index (χ0v) is 29.4. The Balaban J connectivity index is 2.01. The van der Waals surface area contributed by atoms with Crippen molar-refractivity contribution in [2.45, 2.75) is 68.9 Å². The monoisotopic (exact) mass is 753 g/mol. The van der Waals surface area contributed by atoms with Gasteiger partial charge in [-0.25, -0.2) is 0 Å². The van der Waals surface area contributed by atoms with E-state index in [1.807, 2.05) is 0 Å². The predicted octanol–water partition coefficient (Wildman–Crippen LogP) is -3.46. The molecule has 6 amide bonds. The van der Waals surface area contributed by atoms with Gasteiger partial charge in [0.05, 0.1) is 16.1 Å². The van der Waals surface area contributed by atoms with Crippen molar-refractivity contribution in [1.29, 1.82) is 0 Å². The molecule has 1 aromatic carbocycles. The van der Waals surface area contributed by atoms with Crippen LogP contribution < -0.4 is 65.5 Å². The molecule has 2 aliphatic heterocycles. The van der Waals surface area contributed by atoms with Crippen LogP contribution in [0.1, 0.15) is 32.6 Å². The summed E-state index contributed by atoms with van der Waals surface area (Å²) < 4.78 is 0. The molecule has 3 rings (SSSR count). The Morgan fingerprint density at radius 2 is 1.71 bits per heavy atom. The molecule has 51 heavy (non-hydrogen) atoms. The lowest BCUT2D eigenvalue weighted by Crippen LogP contribution is -2.64. The summed E-state index contributed by atoms with van der Waals surface area (Å²) in [5.41, 5.74) is 23.2. The van der Waals surface area contributed by atoms with Crippen molar-refractivity contribution >= 4 is 70.3 Å². The Kier molecular flexibility index (Phi) is 15.7. The van der Waals surface area contributed by atoms with E-state index in [1.165, 1.54) is 19.1 Å². The maximum atomic E-state index is 13.9. The quantitative estimate of drug-likeness (QED) is 0.0982. The summed E-state index contributed by atoms with van der Waals surface area (Å²) in [5.74, 6) is -4.83. The third kappa shape index (κ3) is 12.5. The molecule has 1 aromatic rings. The second kappa shape index (κ2) is 19.6. The fraction of sp³-hybridized carbons (Fsp3) is 0.500. The summed E-state index contributed by atoms with van der Waals surface area (Å²) in [5, 5.41) is 21.2. The van der Waals surface area contributed by atoms with Crippen LogP contribution in [-0.2, 0) is 28.8 Å². The average molecular weight is 755 g/mol. The number of nitrogens with two attached hydrogens (primary N) is 4. The summed E-state index contributed by atoms with van der Waals surface area (Å²) in [6, 6.07) is -2.18. The summed E-state index contributed by atoms with van der Waals surface area (Å²) in [6.07, 6.45) is 2.40. The molecular formula is C30H45Cl2N13O6. The molecule has 0 bridgehead atoms. The second-order valence-corrected chi connectivity index (χ2v) is 12.7. The Hall–Kier alpha value is -4.69. The van der Waals surface area contributed by atoms with E-state index < -0.39 is 83.9 Å². The molecule has 0 aromatic heterocycles. The van der Waals surface area contributed by atoms with Crippen LogP contribution in [0.25, 0.3) is 0 Å². The normalized spacial score (nSPS) is 25.0. The van der Waals surface area contributed by atoms with Gasteiger partial charge in [0.15, 0.2) is 5.96 Å². The van der Waals surface area contributed by atoms with Crippen LogP contribution in [0.15, 0.2) is 35.1 Å². The van der Waals surface area contributed by atoms with E-state index in [2.05, 4.69) is 47.5 Å². The molecule has 21 heteroatoms. The van der Waals surface area contributed by atoms with Crippen LogP contribution in [0, 0.1) is 0 Å². The number of carbonyl (C=O) groups is 6. The minimum atomic E-state index is -1.47. The first kappa shape index (κ1) is 40.7. The number of nitrogens with zero attached hydrogens (tertiary/aromatic N) is 1. The van der Waals surface area contributed by atoms with E-state index in [-0.39, 0.29) is 41.9 Å². The highest BCUT2D eigenvalue weighted by atomic mass is 35.5. The number of halogens is 2. The maximum absolute atomic E-state index is 13.9. The molecule has 6 atom stereocenters. The number of nitrogens with one attached hydrogen (secondary N) is 8. The maximum Gasteiger partial charge on any atom is 0.270 e.